The summed E-state index contributed by atoms with van der Waals surface area (Å²) < 4.78 is 44.0. The predicted molar refractivity (Wildman–Crippen MR) is 70.6 cm³/mol. The Morgan fingerprint density at radius 2 is 2.10 bits per heavy atom. The Balaban J connectivity index is 2.37. The largest absolute Gasteiger partial charge is 0.478 e. The van der Waals surface area contributed by atoms with E-state index in [4.69, 9.17) is 9.84 Å². The van der Waals surface area contributed by atoms with E-state index in [-0.39, 0.29) is 6.04 Å². The smallest absolute Gasteiger partial charge is 0.417 e. The highest BCUT2D eigenvalue weighted by atomic mass is 19.4. The van der Waals surface area contributed by atoms with Gasteiger partial charge in [0.2, 0.25) is 0 Å². The van der Waals surface area contributed by atoms with Crippen molar-refractivity contribution >= 4 is 11.7 Å². The number of carboxylic acid groups (broad SMARTS) is 1. The maximum absolute atomic E-state index is 13.0. The lowest BCUT2D eigenvalue weighted by molar-refractivity contribution is -0.138. The van der Waals surface area contributed by atoms with Gasteiger partial charge < -0.3 is 14.7 Å². The molecule has 116 valence electrons. The van der Waals surface area contributed by atoms with Crippen LogP contribution in [0, 0.1) is 0 Å². The summed E-state index contributed by atoms with van der Waals surface area (Å²) >= 11 is 0. The second-order valence-electron chi connectivity index (χ2n) is 4.95. The molecule has 1 aromatic rings. The van der Waals surface area contributed by atoms with Crippen LogP contribution in [0.15, 0.2) is 18.2 Å². The van der Waals surface area contributed by atoms with Crippen LogP contribution in [0.1, 0.15) is 28.8 Å². The molecule has 1 fully saturated rings. The first-order chi connectivity index (χ1) is 9.84. The third-order valence-corrected chi connectivity index (χ3v) is 3.39. The normalized spacial score (nSPS) is 15.0. The number of rotatable bonds is 6. The first-order valence-corrected chi connectivity index (χ1v) is 6.54. The van der Waals surface area contributed by atoms with Gasteiger partial charge in [-0.3, -0.25) is 0 Å². The van der Waals surface area contributed by atoms with Gasteiger partial charge in [-0.25, -0.2) is 4.79 Å². The molecular formula is C14H16F3NO3. The highest BCUT2D eigenvalue weighted by molar-refractivity contribution is 5.90. The Kier molecular flexibility index (Phi) is 4.41. The van der Waals surface area contributed by atoms with Crippen molar-refractivity contribution in [3.63, 3.8) is 0 Å². The van der Waals surface area contributed by atoms with E-state index < -0.39 is 23.3 Å². The van der Waals surface area contributed by atoms with Gasteiger partial charge in [0, 0.05) is 25.4 Å². The number of aromatic carboxylic acids is 1. The predicted octanol–water partition coefficient (Wildman–Crippen LogP) is 3.02. The summed E-state index contributed by atoms with van der Waals surface area (Å²) in [6.07, 6.45) is -2.85. The molecule has 0 unspecified atom stereocenters. The number of hydrogen-bond acceptors (Lipinski definition) is 3. The standard InChI is InChI=1S/C14H16F3NO3/c1-21-7-6-18(9-2-3-9)10-4-5-11(13(19)20)12(8-10)14(15,16)17/h4-5,8-9H,2-3,6-7H2,1H3,(H,19,20). The van der Waals surface area contributed by atoms with E-state index in [0.717, 1.165) is 25.0 Å². The van der Waals surface area contributed by atoms with E-state index in [2.05, 4.69) is 0 Å². The summed E-state index contributed by atoms with van der Waals surface area (Å²) in [7, 11) is 1.53. The minimum atomic E-state index is -4.69. The molecule has 0 spiro atoms. The number of benzene rings is 1. The topological polar surface area (TPSA) is 49.8 Å². The van der Waals surface area contributed by atoms with Gasteiger partial charge in [0.1, 0.15) is 0 Å². The molecule has 0 saturated heterocycles. The SMILES string of the molecule is COCCN(c1ccc(C(=O)O)c(C(F)(F)F)c1)C1CC1. The third kappa shape index (κ3) is 3.66. The highest BCUT2D eigenvalue weighted by Crippen LogP contribution is 2.37. The fourth-order valence-electron chi connectivity index (χ4n) is 2.23. The zero-order valence-electron chi connectivity index (χ0n) is 11.5. The third-order valence-electron chi connectivity index (χ3n) is 3.39. The molecule has 0 atom stereocenters. The Hall–Kier alpha value is -1.76. The quantitative estimate of drug-likeness (QED) is 0.877. The molecule has 1 aromatic carbocycles. The number of halogens is 3. The van der Waals surface area contributed by atoms with Crippen molar-refractivity contribution in [3.05, 3.63) is 29.3 Å². The van der Waals surface area contributed by atoms with Gasteiger partial charge >= 0.3 is 12.1 Å². The van der Waals surface area contributed by atoms with Crippen LogP contribution in [-0.2, 0) is 10.9 Å². The minimum absolute atomic E-state index is 0.205. The molecule has 21 heavy (non-hydrogen) atoms. The van der Waals surface area contributed by atoms with Gasteiger partial charge in [0.25, 0.3) is 0 Å². The zero-order valence-corrected chi connectivity index (χ0v) is 11.5. The summed E-state index contributed by atoms with van der Waals surface area (Å²) in [5.74, 6) is -1.58. The molecule has 0 aliphatic heterocycles. The van der Waals surface area contributed by atoms with Crippen molar-refractivity contribution in [2.45, 2.75) is 25.1 Å². The molecular weight excluding hydrogens is 287 g/mol. The second-order valence-corrected chi connectivity index (χ2v) is 4.95. The molecule has 1 saturated carbocycles. The number of methoxy groups -OCH3 is 1. The minimum Gasteiger partial charge on any atom is -0.478 e. The van der Waals surface area contributed by atoms with E-state index in [0.29, 0.717) is 18.8 Å². The molecule has 1 N–H and O–H groups in total. The first-order valence-electron chi connectivity index (χ1n) is 6.54. The average molecular weight is 303 g/mol. The molecule has 4 nitrogen and oxygen atoms in total. The summed E-state index contributed by atoms with van der Waals surface area (Å²) in [6, 6.07) is 3.56. The van der Waals surface area contributed by atoms with Crippen molar-refractivity contribution in [3.8, 4) is 0 Å². The lowest BCUT2D eigenvalue weighted by Crippen LogP contribution is -2.30. The van der Waals surface area contributed by atoms with Crippen molar-refractivity contribution in [2.75, 3.05) is 25.2 Å². The highest BCUT2D eigenvalue weighted by Gasteiger charge is 2.37. The fraction of sp³-hybridized carbons (Fsp3) is 0.500. The first kappa shape index (κ1) is 15.6. The van der Waals surface area contributed by atoms with Gasteiger partial charge in [0.15, 0.2) is 0 Å². The van der Waals surface area contributed by atoms with Gasteiger partial charge in [-0.05, 0) is 31.0 Å². The van der Waals surface area contributed by atoms with Gasteiger partial charge in [-0.15, -0.1) is 0 Å². The van der Waals surface area contributed by atoms with Crippen LogP contribution in [0.5, 0.6) is 0 Å². The van der Waals surface area contributed by atoms with Crippen molar-refractivity contribution in [1.82, 2.24) is 0 Å². The summed E-state index contributed by atoms with van der Waals surface area (Å²) in [5, 5.41) is 8.89. The molecule has 1 aliphatic carbocycles. The molecule has 0 amide bonds. The maximum atomic E-state index is 13.0. The fourth-order valence-corrected chi connectivity index (χ4v) is 2.23. The Morgan fingerprint density at radius 1 is 1.43 bits per heavy atom. The molecule has 0 radical (unpaired) electrons. The van der Waals surface area contributed by atoms with Gasteiger partial charge in [0.05, 0.1) is 17.7 Å². The van der Waals surface area contributed by atoms with E-state index in [1.807, 2.05) is 4.90 Å². The monoisotopic (exact) mass is 303 g/mol. The summed E-state index contributed by atoms with van der Waals surface area (Å²) in [4.78, 5) is 12.8. The van der Waals surface area contributed by atoms with E-state index in [1.54, 1.807) is 0 Å². The average Bonchev–Trinajstić information content (AvgIpc) is 3.22. The molecule has 0 heterocycles. The van der Waals surface area contributed by atoms with Crippen LogP contribution in [0.3, 0.4) is 0 Å². The molecule has 7 heteroatoms. The van der Waals surface area contributed by atoms with Crippen molar-refractivity contribution < 1.29 is 27.8 Å². The number of hydrogen-bond donors (Lipinski definition) is 1. The Bertz CT molecular complexity index is 527. The zero-order chi connectivity index (χ0) is 15.6. The Labute approximate surface area is 120 Å². The Morgan fingerprint density at radius 3 is 2.57 bits per heavy atom. The van der Waals surface area contributed by atoms with Crippen molar-refractivity contribution in [1.29, 1.82) is 0 Å². The molecule has 0 aromatic heterocycles. The summed E-state index contributed by atoms with van der Waals surface area (Å²) in [5.41, 5.74) is -1.46. The van der Waals surface area contributed by atoms with Gasteiger partial charge in [-0.1, -0.05) is 0 Å². The second kappa shape index (κ2) is 5.93. The maximum Gasteiger partial charge on any atom is 0.417 e. The van der Waals surface area contributed by atoms with Crippen LogP contribution in [0.4, 0.5) is 18.9 Å². The van der Waals surface area contributed by atoms with Crippen LogP contribution in [0.2, 0.25) is 0 Å². The number of anilines is 1. The molecule has 2 rings (SSSR count). The van der Waals surface area contributed by atoms with E-state index in [9.17, 15) is 18.0 Å². The van der Waals surface area contributed by atoms with Crippen LogP contribution in [0.25, 0.3) is 0 Å². The van der Waals surface area contributed by atoms with Gasteiger partial charge in [-0.2, -0.15) is 13.2 Å². The van der Waals surface area contributed by atoms with Crippen LogP contribution < -0.4 is 4.90 Å². The molecule has 0 bridgehead atoms. The van der Waals surface area contributed by atoms with E-state index in [1.165, 1.54) is 13.2 Å². The number of carboxylic acids is 1. The molecule has 1 aliphatic rings. The number of ether oxygens (including phenoxy) is 1. The van der Waals surface area contributed by atoms with Crippen LogP contribution >= 0.6 is 0 Å². The van der Waals surface area contributed by atoms with Crippen LogP contribution in [-0.4, -0.2) is 37.4 Å². The van der Waals surface area contributed by atoms with Crippen molar-refractivity contribution in [2.24, 2.45) is 0 Å². The number of nitrogens with zero attached hydrogens (tertiary/aromatic N) is 1. The number of alkyl halides is 3. The number of carbonyl (C=O) groups is 1. The lowest BCUT2D eigenvalue weighted by atomic mass is 10.1. The lowest BCUT2D eigenvalue weighted by Gasteiger charge is -2.25. The summed E-state index contributed by atoms with van der Waals surface area (Å²) in [6.45, 7) is 0.878. The van der Waals surface area contributed by atoms with E-state index >= 15 is 0 Å².